The van der Waals surface area contributed by atoms with Gasteiger partial charge in [0.05, 0.1) is 5.69 Å². The molecule has 0 atom stereocenters. The number of nitrogens with zero attached hydrogens (tertiary/aromatic N) is 1. The van der Waals surface area contributed by atoms with Crippen molar-refractivity contribution in [3.05, 3.63) is 65.1 Å². The smallest absolute Gasteiger partial charge is 0.231 e. The van der Waals surface area contributed by atoms with Crippen molar-refractivity contribution in [2.45, 2.75) is 27.2 Å². The molecule has 3 rings (SSSR count). The van der Waals surface area contributed by atoms with Crippen LogP contribution >= 0.6 is 11.8 Å². The summed E-state index contributed by atoms with van der Waals surface area (Å²) in [4.78, 5) is 4.69. The Morgan fingerprint density at radius 1 is 1.19 bits per heavy atom. The van der Waals surface area contributed by atoms with E-state index < -0.39 is 0 Å². The number of rotatable bonds is 7. The Labute approximate surface area is 165 Å². The average molecular weight is 384 g/mol. The third-order valence-corrected chi connectivity index (χ3v) is 4.76. The van der Waals surface area contributed by atoms with Crippen molar-refractivity contribution in [3.8, 4) is 23.0 Å². The normalized spacial score (nSPS) is 14.4. The molecule has 0 radical (unpaired) electrons. The summed E-state index contributed by atoms with van der Waals surface area (Å²) in [6.07, 6.45) is 11.5. The number of oxazole rings is 1. The quantitative estimate of drug-likeness (QED) is 0.571. The molecule has 0 unspecified atom stereocenters. The molecule has 0 saturated heterocycles. The van der Waals surface area contributed by atoms with Crippen LogP contribution in [-0.4, -0.2) is 23.8 Å². The topological polar surface area (TPSA) is 44.5 Å². The highest BCUT2D eigenvalue weighted by molar-refractivity contribution is 7.98. The van der Waals surface area contributed by atoms with Gasteiger partial charge in [0, 0.05) is 17.7 Å². The van der Waals surface area contributed by atoms with Gasteiger partial charge in [-0.1, -0.05) is 35.5 Å². The van der Waals surface area contributed by atoms with E-state index in [1.807, 2.05) is 36.9 Å². The highest BCUT2D eigenvalue weighted by Gasteiger charge is 2.17. The Hall–Kier alpha value is -2.40. The third-order valence-electron chi connectivity index (χ3n) is 4.23. The van der Waals surface area contributed by atoms with E-state index in [9.17, 15) is 0 Å². The Morgan fingerprint density at radius 2 is 2.00 bits per heavy atom. The molecular formula is C22H25NO3S. The SMILES string of the molecule is CSC/C=C/C(C)=C/C=C(\C)Cc1nc(-c2ccc3c(c2)OCO3)oc1C. The second kappa shape index (κ2) is 9.00. The van der Waals surface area contributed by atoms with Crippen LogP contribution in [0.1, 0.15) is 25.3 Å². The highest BCUT2D eigenvalue weighted by Crippen LogP contribution is 2.36. The molecule has 1 aromatic carbocycles. The summed E-state index contributed by atoms with van der Waals surface area (Å²) in [7, 11) is 0. The van der Waals surface area contributed by atoms with E-state index in [0.29, 0.717) is 5.89 Å². The van der Waals surface area contributed by atoms with Gasteiger partial charge in [-0.05, 0) is 45.2 Å². The summed E-state index contributed by atoms with van der Waals surface area (Å²) in [6, 6.07) is 5.74. The number of thioether (sulfide) groups is 1. The molecule has 0 amide bonds. The van der Waals surface area contributed by atoms with E-state index in [4.69, 9.17) is 18.9 Å². The minimum atomic E-state index is 0.262. The predicted octanol–water partition coefficient (Wildman–Crippen LogP) is 5.73. The van der Waals surface area contributed by atoms with Crippen LogP contribution in [0.4, 0.5) is 0 Å². The van der Waals surface area contributed by atoms with E-state index >= 15 is 0 Å². The fourth-order valence-electron chi connectivity index (χ4n) is 2.73. The molecule has 142 valence electrons. The average Bonchev–Trinajstić information content (AvgIpc) is 3.26. The van der Waals surface area contributed by atoms with E-state index in [-0.39, 0.29) is 6.79 Å². The number of hydrogen-bond donors (Lipinski definition) is 0. The number of allylic oxidation sites excluding steroid dienone is 5. The van der Waals surface area contributed by atoms with Gasteiger partial charge in [0.2, 0.25) is 12.7 Å². The second-order valence-corrected chi connectivity index (χ2v) is 7.46. The largest absolute Gasteiger partial charge is 0.454 e. The number of benzene rings is 1. The summed E-state index contributed by atoms with van der Waals surface area (Å²) in [5.74, 6) is 3.98. The van der Waals surface area contributed by atoms with Crippen LogP contribution in [0.25, 0.3) is 11.5 Å². The molecule has 2 heterocycles. The number of hydrogen-bond acceptors (Lipinski definition) is 5. The summed E-state index contributed by atoms with van der Waals surface area (Å²) in [6.45, 7) is 6.44. The van der Waals surface area contributed by atoms with Crippen LogP contribution in [0.15, 0.2) is 58.1 Å². The van der Waals surface area contributed by atoms with Crippen LogP contribution < -0.4 is 9.47 Å². The number of aromatic nitrogens is 1. The standard InChI is InChI=1S/C22H25NO3S/c1-15(6-5-11-27-4)7-8-16(2)12-19-17(3)26-22(23-19)18-9-10-20-21(13-18)25-14-24-20/h5-10,13H,11-12,14H2,1-4H3/b6-5+,15-7+,16-8+. The monoisotopic (exact) mass is 383 g/mol. The first-order valence-electron chi connectivity index (χ1n) is 8.92. The van der Waals surface area contributed by atoms with Crippen molar-refractivity contribution in [1.29, 1.82) is 0 Å². The maximum absolute atomic E-state index is 5.89. The van der Waals surface area contributed by atoms with E-state index in [0.717, 1.165) is 40.7 Å². The summed E-state index contributed by atoms with van der Waals surface area (Å²) < 4.78 is 16.7. The molecule has 1 aliphatic rings. The van der Waals surface area contributed by atoms with Crippen molar-refractivity contribution in [1.82, 2.24) is 4.98 Å². The molecule has 0 N–H and O–H groups in total. The van der Waals surface area contributed by atoms with Crippen LogP contribution in [0.5, 0.6) is 11.5 Å². The summed E-state index contributed by atoms with van der Waals surface area (Å²) in [5.41, 5.74) is 4.33. The van der Waals surface area contributed by atoms with E-state index in [2.05, 4.69) is 44.4 Å². The van der Waals surface area contributed by atoms with Crippen LogP contribution in [-0.2, 0) is 6.42 Å². The Kier molecular flexibility index (Phi) is 6.45. The van der Waals surface area contributed by atoms with Crippen LogP contribution in [0, 0.1) is 6.92 Å². The maximum Gasteiger partial charge on any atom is 0.231 e. The molecule has 1 aliphatic heterocycles. The molecule has 0 bridgehead atoms. The molecule has 27 heavy (non-hydrogen) atoms. The lowest BCUT2D eigenvalue weighted by molar-refractivity contribution is 0.174. The zero-order chi connectivity index (χ0) is 19.2. The fourth-order valence-corrected chi connectivity index (χ4v) is 3.02. The van der Waals surface area contributed by atoms with Gasteiger partial charge in [-0.2, -0.15) is 11.8 Å². The molecule has 1 aromatic heterocycles. The Balaban J connectivity index is 1.71. The molecule has 0 aliphatic carbocycles. The first kappa shape index (κ1) is 19.4. The Bertz CT molecular complexity index is 893. The van der Waals surface area contributed by atoms with Gasteiger partial charge >= 0.3 is 0 Å². The first-order valence-corrected chi connectivity index (χ1v) is 10.3. The van der Waals surface area contributed by atoms with Gasteiger partial charge in [-0.15, -0.1) is 0 Å². The molecule has 4 nitrogen and oxygen atoms in total. The lowest BCUT2D eigenvalue weighted by atomic mass is 10.1. The second-order valence-electron chi connectivity index (χ2n) is 6.55. The van der Waals surface area contributed by atoms with Gasteiger partial charge < -0.3 is 13.9 Å². The number of fused-ring (bicyclic) bond motifs is 1. The third kappa shape index (κ3) is 5.07. The van der Waals surface area contributed by atoms with Crippen molar-refractivity contribution in [2.24, 2.45) is 0 Å². The summed E-state index contributed by atoms with van der Waals surface area (Å²) >= 11 is 1.82. The molecule has 0 saturated carbocycles. The van der Waals surface area contributed by atoms with Gasteiger partial charge in [0.1, 0.15) is 5.76 Å². The van der Waals surface area contributed by atoms with Crippen molar-refractivity contribution >= 4 is 11.8 Å². The van der Waals surface area contributed by atoms with Gasteiger partial charge in [-0.3, -0.25) is 0 Å². The van der Waals surface area contributed by atoms with Crippen molar-refractivity contribution < 1.29 is 13.9 Å². The Morgan fingerprint density at radius 3 is 2.81 bits per heavy atom. The van der Waals surface area contributed by atoms with Crippen LogP contribution in [0.2, 0.25) is 0 Å². The minimum Gasteiger partial charge on any atom is -0.454 e. The van der Waals surface area contributed by atoms with Gasteiger partial charge in [0.25, 0.3) is 0 Å². The van der Waals surface area contributed by atoms with Gasteiger partial charge in [-0.25, -0.2) is 4.98 Å². The minimum absolute atomic E-state index is 0.262. The molecule has 5 heteroatoms. The molecule has 0 fully saturated rings. The zero-order valence-corrected chi connectivity index (χ0v) is 17.1. The predicted molar refractivity (Wildman–Crippen MR) is 112 cm³/mol. The van der Waals surface area contributed by atoms with Crippen molar-refractivity contribution in [2.75, 3.05) is 18.8 Å². The van der Waals surface area contributed by atoms with Crippen molar-refractivity contribution in [3.63, 3.8) is 0 Å². The summed E-state index contributed by atoms with van der Waals surface area (Å²) in [5, 5.41) is 0. The van der Waals surface area contributed by atoms with E-state index in [1.54, 1.807) is 0 Å². The number of aryl methyl sites for hydroxylation is 1. The zero-order valence-electron chi connectivity index (χ0n) is 16.2. The van der Waals surface area contributed by atoms with Crippen LogP contribution in [0.3, 0.4) is 0 Å². The highest BCUT2D eigenvalue weighted by atomic mass is 32.2. The fraction of sp³-hybridized carbons (Fsp3) is 0.318. The van der Waals surface area contributed by atoms with Gasteiger partial charge in [0.15, 0.2) is 11.5 Å². The maximum atomic E-state index is 5.89. The first-order chi connectivity index (χ1) is 13.1. The molecule has 2 aromatic rings. The lowest BCUT2D eigenvalue weighted by Crippen LogP contribution is -1.92. The lowest BCUT2D eigenvalue weighted by Gasteiger charge is -1.98. The number of ether oxygens (including phenoxy) is 2. The molecule has 0 spiro atoms. The molecular weight excluding hydrogens is 358 g/mol. The van der Waals surface area contributed by atoms with E-state index in [1.165, 1.54) is 11.1 Å².